The van der Waals surface area contributed by atoms with Crippen molar-refractivity contribution in [3.05, 3.63) is 72.3 Å². The Hall–Kier alpha value is -3.15. The molecular weight excluding hydrogens is 340 g/mol. The van der Waals surface area contributed by atoms with Crippen molar-refractivity contribution in [1.82, 2.24) is 19.7 Å². The van der Waals surface area contributed by atoms with E-state index in [1.165, 1.54) is 11.9 Å². The maximum absolute atomic E-state index is 13.1. The van der Waals surface area contributed by atoms with Crippen molar-refractivity contribution in [2.75, 3.05) is 20.2 Å². The third kappa shape index (κ3) is 3.69. The van der Waals surface area contributed by atoms with Crippen molar-refractivity contribution in [3.63, 3.8) is 0 Å². The van der Waals surface area contributed by atoms with Gasteiger partial charge in [-0.1, -0.05) is 24.3 Å². The van der Waals surface area contributed by atoms with Crippen LogP contribution in [0.1, 0.15) is 22.3 Å². The number of likely N-dealkylation sites (tertiary alicyclic amines) is 1. The number of hydrogen-bond acceptors (Lipinski definition) is 4. The molecule has 138 valence electrons. The molecule has 0 saturated carbocycles. The first-order valence-electron chi connectivity index (χ1n) is 9.11. The highest BCUT2D eigenvalue weighted by Gasteiger charge is 2.28. The first-order chi connectivity index (χ1) is 13.2. The first-order valence-corrected chi connectivity index (χ1v) is 9.11. The molecule has 1 fully saturated rings. The monoisotopic (exact) mass is 362 g/mol. The molecule has 6 nitrogen and oxygen atoms in total. The van der Waals surface area contributed by atoms with E-state index < -0.39 is 0 Å². The number of ether oxygens (including phenoxy) is 1. The lowest BCUT2D eigenvalue weighted by Gasteiger charge is -2.18. The Labute approximate surface area is 158 Å². The molecule has 1 amide bonds. The van der Waals surface area contributed by atoms with Gasteiger partial charge in [0, 0.05) is 13.1 Å². The fourth-order valence-corrected chi connectivity index (χ4v) is 3.64. The van der Waals surface area contributed by atoms with E-state index in [9.17, 15) is 4.79 Å². The van der Waals surface area contributed by atoms with E-state index in [1.54, 1.807) is 18.1 Å². The van der Waals surface area contributed by atoms with Gasteiger partial charge in [0.25, 0.3) is 5.91 Å². The fourth-order valence-electron chi connectivity index (χ4n) is 3.64. The summed E-state index contributed by atoms with van der Waals surface area (Å²) in [7, 11) is 1.67. The van der Waals surface area contributed by atoms with E-state index in [2.05, 4.69) is 22.2 Å². The van der Waals surface area contributed by atoms with E-state index in [4.69, 9.17) is 4.74 Å². The zero-order valence-corrected chi connectivity index (χ0v) is 15.3. The number of aromatic nitrogens is 3. The summed E-state index contributed by atoms with van der Waals surface area (Å²) in [6, 6.07) is 15.7. The molecule has 0 bridgehead atoms. The second-order valence-electron chi connectivity index (χ2n) is 6.82. The number of para-hydroxylation sites is 1. The molecule has 0 spiro atoms. The smallest absolute Gasteiger partial charge is 0.256 e. The molecule has 3 aromatic rings. The zero-order chi connectivity index (χ0) is 18.6. The number of amides is 1. The molecule has 6 heteroatoms. The molecule has 0 aliphatic carbocycles. The largest absolute Gasteiger partial charge is 0.497 e. The van der Waals surface area contributed by atoms with Crippen molar-refractivity contribution in [3.8, 4) is 11.4 Å². The summed E-state index contributed by atoms with van der Waals surface area (Å²) in [6.07, 6.45) is 5.08. The fraction of sp³-hybridized carbons (Fsp3) is 0.286. The van der Waals surface area contributed by atoms with Gasteiger partial charge in [-0.25, -0.2) is 9.67 Å². The van der Waals surface area contributed by atoms with Crippen LogP contribution in [-0.4, -0.2) is 45.8 Å². The van der Waals surface area contributed by atoms with E-state index in [0.29, 0.717) is 11.5 Å². The minimum absolute atomic E-state index is 0.0540. The summed E-state index contributed by atoms with van der Waals surface area (Å²) in [5.74, 6) is 1.39. The van der Waals surface area contributed by atoms with Crippen LogP contribution in [0.25, 0.3) is 5.69 Å². The number of hydrogen-bond donors (Lipinski definition) is 0. The summed E-state index contributed by atoms with van der Waals surface area (Å²) in [5.41, 5.74) is 2.70. The summed E-state index contributed by atoms with van der Waals surface area (Å²) in [5, 5.41) is 4.17. The highest BCUT2D eigenvalue weighted by molar-refractivity contribution is 5.97. The average molecular weight is 362 g/mol. The van der Waals surface area contributed by atoms with Crippen molar-refractivity contribution < 1.29 is 9.53 Å². The van der Waals surface area contributed by atoms with Crippen LogP contribution < -0.4 is 4.74 Å². The minimum atomic E-state index is 0.0540. The summed E-state index contributed by atoms with van der Waals surface area (Å²) in [4.78, 5) is 19.0. The second kappa shape index (κ2) is 7.61. The van der Waals surface area contributed by atoms with E-state index in [-0.39, 0.29) is 5.91 Å². The van der Waals surface area contributed by atoms with Gasteiger partial charge in [-0.3, -0.25) is 4.79 Å². The van der Waals surface area contributed by atoms with Gasteiger partial charge in [0.15, 0.2) is 0 Å². The lowest BCUT2D eigenvalue weighted by atomic mass is 9.99. The van der Waals surface area contributed by atoms with Gasteiger partial charge < -0.3 is 9.64 Å². The van der Waals surface area contributed by atoms with Crippen molar-refractivity contribution in [1.29, 1.82) is 0 Å². The average Bonchev–Trinajstić information content (AvgIpc) is 3.40. The summed E-state index contributed by atoms with van der Waals surface area (Å²) < 4.78 is 6.85. The Bertz CT molecular complexity index is 906. The Morgan fingerprint density at radius 3 is 2.74 bits per heavy atom. The highest BCUT2D eigenvalue weighted by atomic mass is 16.5. The SMILES string of the molecule is COc1ccc(CC2CCN(C(=O)c3ccccc3-n3cncn3)C2)cc1. The molecule has 2 heterocycles. The topological polar surface area (TPSA) is 60.2 Å². The number of rotatable bonds is 5. The molecular formula is C21H22N4O2. The maximum atomic E-state index is 13.1. The van der Waals surface area contributed by atoms with Gasteiger partial charge in [-0.2, -0.15) is 5.10 Å². The molecule has 1 unspecified atom stereocenters. The van der Waals surface area contributed by atoms with E-state index >= 15 is 0 Å². The molecule has 1 aromatic heterocycles. The zero-order valence-electron chi connectivity index (χ0n) is 15.3. The van der Waals surface area contributed by atoms with Gasteiger partial charge in [0.1, 0.15) is 18.4 Å². The molecule has 1 saturated heterocycles. The van der Waals surface area contributed by atoms with Crippen LogP contribution in [0.3, 0.4) is 0 Å². The maximum Gasteiger partial charge on any atom is 0.256 e. The molecule has 1 aliphatic rings. The van der Waals surface area contributed by atoms with E-state index in [0.717, 1.165) is 37.4 Å². The van der Waals surface area contributed by atoms with Crippen LogP contribution in [0.15, 0.2) is 61.2 Å². The second-order valence-corrected chi connectivity index (χ2v) is 6.82. The molecule has 27 heavy (non-hydrogen) atoms. The highest BCUT2D eigenvalue weighted by Crippen LogP contribution is 2.25. The van der Waals surface area contributed by atoms with Crippen LogP contribution in [0, 0.1) is 5.92 Å². The van der Waals surface area contributed by atoms with Gasteiger partial charge >= 0.3 is 0 Å². The lowest BCUT2D eigenvalue weighted by molar-refractivity contribution is 0.0787. The Morgan fingerprint density at radius 2 is 2.00 bits per heavy atom. The van der Waals surface area contributed by atoms with Gasteiger partial charge in [0.2, 0.25) is 0 Å². The van der Waals surface area contributed by atoms with Gasteiger partial charge in [-0.05, 0) is 48.6 Å². The van der Waals surface area contributed by atoms with Crippen LogP contribution in [0.5, 0.6) is 5.75 Å². The molecule has 2 aromatic carbocycles. The van der Waals surface area contributed by atoms with Gasteiger partial charge in [-0.15, -0.1) is 0 Å². The normalized spacial score (nSPS) is 16.5. The lowest BCUT2D eigenvalue weighted by Crippen LogP contribution is -2.30. The van der Waals surface area contributed by atoms with Crippen LogP contribution in [0.4, 0.5) is 0 Å². The van der Waals surface area contributed by atoms with Crippen LogP contribution in [0.2, 0.25) is 0 Å². The van der Waals surface area contributed by atoms with Crippen molar-refractivity contribution >= 4 is 5.91 Å². The predicted molar refractivity (Wildman–Crippen MR) is 102 cm³/mol. The van der Waals surface area contributed by atoms with Crippen molar-refractivity contribution in [2.45, 2.75) is 12.8 Å². The first kappa shape index (κ1) is 17.3. The van der Waals surface area contributed by atoms with Crippen LogP contribution >= 0.6 is 0 Å². The number of carbonyl (C=O) groups excluding carboxylic acids is 1. The quantitative estimate of drug-likeness (QED) is 0.700. The Kier molecular flexibility index (Phi) is 4.87. The third-order valence-corrected chi connectivity index (χ3v) is 5.06. The molecule has 4 rings (SSSR count). The molecule has 0 N–H and O–H groups in total. The standard InChI is InChI=1S/C21H22N4O2/c1-27-18-8-6-16(7-9-18)12-17-10-11-24(13-17)21(26)19-4-2-3-5-20(19)25-15-22-14-23-25/h2-9,14-15,17H,10-13H2,1H3. The third-order valence-electron chi connectivity index (χ3n) is 5.06. The Morgan fingerprint density at radius 1 is 1.19 bits per heavy atom. The Balaban J connectivity index is 1.45. The number of benzene rings is 2. The summed E-state index contributed by atoms with van der Waals surface area (Å²) in [6.45, 7) is 1.56. The number of methoxy groups -OCH3 is 1. The minimum Gasteiger partial charge on any atom is -0.497 e. The predicted octanol–water partition coefficient (Wildman–Crippen LogP) is 2.98. The van der Waals surface area contributed by atoms with Crippen molar-refractivity contribution in [2.24, 2.45) is 5.92 Å². The number of nitrogens with zero attached hydrogens (tertiary/aromatic N) is 4. The molecule has 0 radical (unpaired) electrons. The van der Waals surface area contributed by atoms with Gasteiger partial charge in [0.05, 0.1) is 18.4 Å². The summed E-state index contributed by atoms with van der Waals surface area (Å²) >= 11 is 0. The molecule has 1 atom stereocenters. The number of carbonyl (C=O) groups is 1. The van der Waals surface area contributed by atoms with Crippen LogP contribution in [-0.2, 0) is 6.42 Å². The van der Waals surface area contributed by atoms with E-state index in [1.807, 2.05) is 41.3 Å². The molecule has 1 aliphatic heterocycles.